The van der Waals surface area contributed by atoms with Crippen LogP contribution in [0.3, 0.4) is 0 Å². The number of halogens is 1. The molecule has 0 aliphatic carbocycles. The van der Waals surface area contributed by atoms with Crippen molar-refractivity contribution in [1.82, 2.24) is 4.90 Å². The van der Waals surface area contributed by atoms with Crippen LogP contribution in [0.5, 0.6) is 0 Å². The molecule has 1 aromatic rings. The average molecular weight is 362 g/mol. The monoisotopic (exact) mass is 361 g/mol. The molecular formula is C13H16BrNO4S. The molecule has 0 bridgehead atoms. The lowest BCUT2D eigenvalue weighted by atomic mass is 10.1. The third-order valence-electron chi connectivity index (χ3n) is 3.21. The predicted molar refractivity (Wildman–Crippen MR) is 78.9 cm³/mol. The number of nitrogens with zero attached hydrogens (tertiary/aromatic N) is 1. The van der Waals surface area contributed by atoms with Gasteiger partial charge in [0.15, 0.2) is 0 Å². The van der Waals surface area contributed by atoms with Crippen LogP contribution in [0.2, 0.25) is 0 Å². The Hall–Kier alpha value is -0.920. The Morgan fingerprint density at radius 1 is 1.40 bits per heavy atom. The summed E-state index contributed by atoms with van der Waals surface area (Å²) in [5.41, 5.74) is 0. The summed E-state index contributed by atoms with van der Waals surface area (Å²) in [6.45, 7) is 0.924. The van der Waals surface area contributed by atoms with Crippen molar-refractivity contribution < 1.29 is 19.4 Å². The molecule has 110 valence electrons. The van der Waals surface area contributed by atoms with Gasteiger partial charge in [0.2, 0.25) is 5.91 Å². The number of ether oxygens (including phenoxy) is 1. The first-order valence-corrected chi connectivity index (χ1v) is 8.00. The Kier molecular flexibility index (Phi) is 5.56. The lowest BCUT2D eigenvalue weighted by Crippen LogP contribution is -2.46. The average Bonchev–Trinajstić information content (AvgIpc) is 2.82. The molecular weight excluding hydrogens is 346 g/mol. The van der Waals surface area contributed by atoms with Crippen molar-refractivity contribution >= 4 is 39.1 Å². The number of carboxylic acid groups (broad SMARTS) is 1. The molecule has 1 aliphatic heterocycles. The summed E-state index contributed by atoms with van der Waals surface area (Å²) in [6, 6.07) is 3.74. The minimum atomic E-state index is -0.975. The van der Waals surface area contributed by atoms with Crippen LogP contribution in [-0.2, 0) is 20.7 Å². The maximum Gasteiger partial charge on any atom is 0.323 e. The Labute approximate surface area is 129 Å². The van der Waals surface area contributed by atoms with Crippen molar-refractivity contribution in [3.63, 3.8) is 0 Å². The van der Waals surface area contributed by atoms with Gasteiger partial charge in [-0.1, -0.05) is 0 Å². The predicted octanol–water partition coefficient (Wildman–Crippen LogP) is 2.15. The number of carbonyl (C=O) groups excluding carboxylic acids is 1. The largest absolute Gasteiger partial charge is 0.480 e. The summed E-state index contributed by atoms with van der Waals surface area (Å²) in [5.74, 6) is -1.11. The molecule has 0 unspecified atom stereocenters. The SMILES string of the molecule is O=C(O)CN(C(=O)Cc1ccc(Br)s1)C1CCOCC1. The van der Waals surface area contributed by atoms with Gasteiger partial charge in [-0.3, -0.25) is 9.59 Å². The van der Waals surface area contributed by atoms with E-state index < -0.39 is 5.97 Å². The molecule has 2 heterocycles. The number of carbonyl (C=O) groups is 2. The molecule has 5 nitrogen and oxygen atoms in total. The highest BCUT2D eigenvalue weighted by Crippen LogP contribution is 2.24. The van der Waals surface area contributed by atoms with E-state index in [2.05, 4.69) is 15.9 Å². The zero-order valence-corrected chi connectivity index (χ0v) is 13.3. The lowest BCUT2D eigenvalue weighted by Gasteiger charge is -2.33. The maximum atomic E-state index is 12.4. The molecule has 1 N–H and O–H groups in total. The van der Waals surface area contributed by atoms with Crippen LogP contribution in [0.1, 0.15) is 17.7 Å². The molecule has 2 rings (SSSR count). The number of thiophene rings is 1. The van der Waals surface area contributed by atoms with Gasteiger partial charge in [-0.15, -0.1) is 11.3 Å². The van der Waals surface area contributed by atoms with Crippen LogP contribution in [0.25, 0.3) is 0 Å². The number of rotatable bonds is 5. The van der Waals surface area contributed by atoms with Crippen molar-refractivity contribution in [1.29, 1.82) is 0 Å². The van der Waals surface area contributed by atoms with Crippen LogP contribution in [0, 0.1) is 0 Å². The number of amides is 1. The zero-order chi connectivity index (χ0) is 14.5. The zero-order valence-electron chi connectivity index (χ0n) is 10.9. The molecule has 7 heteroatoms. The highest BCUT2D eigenvalue weighted by Gasteiger charge is 2.27. The van der Waals surface area contributed by atoms with Crippen LogP contribution >= 0.6 is 27.3 Å². The molecule has 0 atom stereocenters. The molecule has 1 fully saturated rings. The summed E-state index contributed by atoms with van der Waals surface area (Å²) in [6.07, 6.45) is 1.65. The van der Waals surface area contributed by atoms with E-state index in [1.54, 1.807) is 0 Å². The van der Waals surface area contributed by atoms with Crippen LogP contribution in [0.4, 0.5) is 0 Å². The van der Waals surface area contributed by atoms with Gasteiger partial charge in [-0.2, -0.15) is 0 Å². The second-order valence-corrected chi connectivity index (χ2v) is 7.19. The quantitative estimate of drug-likeness (QED) is 0.872. The minimum Gasteiger partial charge on any atom is -0.480 e. The van der Waals surface area contributed by atoms with Gasteiger partial charge in [0.05, 0.1) is 10.2 Å². The van der Waals surface area contributed by atoms with Gasteiger partial charge in [-0.05, 0) is 40.9 Å². The fourth-order valence-corrected chi connectivity index (χ4v) is 3.73. The van der Waals surface area contributed by atoms with Crippen molar-refractivity contribution in [2.45, 2.75) is 25.3 Å². The second-order valence-electron chi connectivity index (χ2n) is 4.64. The first-order valence-electron chi connectivity index (χ1n) is 6.39. The topological polar surface area (TPSA) is 66.8 Å². The van der Waals surface area contributed by atoms with Gasteiger partial charge in [0, 0.05) is 24.1 Å². The third-order valence-corrected chi connectivity index (χ3v) is 4.84. The lowest BCUT2D eigenvalue weighted by molar-refractivity contribution is -0.147. The first-order chi connectivity index (χ1) is 9.56. The fraction of sp³-hybridized carbons (Fsp3) is 0.538. The van der Waals surface area contributed by atoms with Gasteiger partial charge in [-0.25, -0.2) is 0 Å². The summed E-state index contributed by atoms with van der Waals surface area (Å²) >= 11 is 4.86. The number of hydrogen-bond donors (Lipinski definition) is 1. The van der Waals surface area contributed by atoms with Crippen molar-refractivity contribution in [3.8, 4) is 0 Å². The Morgan fingerprint density at radius 2 is 2.10 bits per heavy atom. The van der Waals surface area contributed by atoms with Gasteiger partial charge in [0.25, 0.3) is 0 Å². The van der Waals surface area contributed by atoms with E-state index >= 15 is 0 Å². The van der Waals surface area contributed by atoms with Crippen LogP contribution in [0.15, 0.2) is 15.9 Å². The second kappa shape index (κ2) is 7.19. The Balaban J connectivity index is 2.04. The standard InChI is InChI=1S/C13H16BrNO4S/c14-11-2-1-10(20-11)7-12(16)15(8-13(17)18)9-3-5-19-6-4-9/h1-2,9H,3-8H2,(H,17,18). The number of aliphatic carboxylic acids is 1. The van der Waals surface area contributed by atoms with E-state index in [1.165, 1.54) is 16.2 Å². The number of carboxylic acids is 1. The first kappa shape index (κ1) is 15.5. The molecule has 20 heavy (non-hydrogen) atoms. The van der Waals surface area contributed by atoms with Gasteiger partial charge >= 0.3 is 5.97 Å². The molecule has 1 aliphatic rings. The van der Waals surface area contributed by atoms with E-state index in [0.717, 1.165) is 8.66 Å². The Bertz CT molecular complexity index is 484. The van der Waals surface area contributed by atoms with Gasteiger partial charge < -0.3 is 14.7 Å². The fourth-order valence-electron chi connectivity index (χ4n) is 2.26. The van der Waals surface area contributed by atoms with Crippen LogP contribution in [-0.4, -0.2) is 47.7 Å². The highest BCUT2D eigenvalue weighted by atomic mass is 79.9. The van der Waals surface area contributed by atoms with E-state index in [0.29, 0.717) is 26.1 Å². The smallest absolute Gasteiger partial charge is 0.323 e. The van der Waals surface area contributed by atoms with Crippen molar-refractivity contribution in [2.75, 3.05) is 19.8 Å². The van der Waals surface area contributed by atoms with E-state index in [-0.39, 0.29) is 24.9 Å². The summed E-state index contributed by atoms with van der Waals surface area (Å²) in [5, 5.41) is 9.00. The summed E-state index contributed by atoms with van der Waals surface area (Å²) in [4.78, 5) is 25.8. The maximum absolute atomic E-state index is 12.4. The molecule has 1 amide bonds. The molecule has 1 aromatic heterocycles. The van der Waals surface area contributed by atoms with Gasteiger partial charge in [0.1, 0.15) is 6.54 Å². The van der Waals surface area contributed by atoms with E-state index in [9.17, 15) is 9.59 Å². The molecule has 0 aromatic carbocycles. The Morgan fingerprint density at radius 3 is 2.65 bits per heavy atom. The molecule has 0 radical (unpaired) electrons. The molecule has 1 saturated heterocycles. The minimum absolute atomic E-state index is 0.0317. The number of hydrogen-bond acceptors (Lipinski definition) is 4. The molecule has 0 saturated carbocycles. The van der Waals surface area contributed by atoms with Crippen molar-refractivity contribution in [3.05, 3.63) is 20.8 Å². The summed E-state index contributed by atoms with van der Waals surface area (Å²) < 4.78 is 6.24. The van der Waals surface area contributed by atoms with E-state index in [1.807, 2.05) is 12.1 Å². The highest BCUT2D eigenvalue weighted by molar-refractivity contribution is 9.11. The molecule has 0 spiro atoms. The summed E-state index contributed by atoms with van der Waals surface area (Å²) in [7, 11) is 0. The van der Waals surface area contributed by atoms with E-state index in [4.69, 9.17) is 9.84 Å². The van der Waals surface area contributed by atoms with Crippen molar-refractivity contribution in [2.24, 2.45) is 0 Å². The van der Waals surface area contributed by atoms with Crippen LogP contribution < -0.4 is 0 Å². The normalized spacial score (nSPS) is 16.1. The third kappa shape index (κ3) is 4.29.